The van der Waals surface area contributed by atoms with Crippen molar-refractivity contribution in [3.05, 3.63) is 51.3 Å². The molecule has 0 spiro atoms. The topological polar surface area (TPSA) is 86.9 Å². The van der Waals surface area contributed by atoms with Crippen LogP contribution < -0.4 is 19.9 Å². The number of fused-ring (bicyclic) bond motifs is 2. The van der Waals surface area contributed by atoms with E-state index in [1.807, 2.05) is 6.07 Å². The first-order valence-corrected chi connectivity index (χ1v) is 12.5. The number of anilines is 1. The second-order valence-electron chi connectivity index (χ2n) is 8.15. The van der Waals surface area contributed by atoms with Crippen molar-refractivity contribution in [3.8, 4) is 27.7 Å². The molecule has 0 atom stereocenters. The Balaban J connectivity index is 1.72. The standard InChI is InChI=1S/C25H25N3O4S2/c1-28-8-7-15-14(12-28)19(18-6-5-9-33-18)20-21(26)24(34-25(20)27-15)22(29)13-10-16(30-2)23(32-4)17(11-13)31-3/h5-6,9-11H,7-8,12,26H2,1-4H3. The Morgan fingerprint density at radius 3 is 2.50 bits per heavy atom. The van der Waals surface area contributed by atoms with Gasteiger partial charge < -0.3 is 24.8 Å². The molecule has 9 heteroatoms. The number of carbonyl (C=O) groups excluding carboxylic acids is 1. The molecular formula is C25H25N3O4S2. The third-order valence-electron chi connectivity index (χ3n) is 6.12. The summed E-state index contributed by atoms with van der Waals surface area (Å²) in [5.41, 5.74) is 11.0. The number of methoxy groups -OCH3 is 3. The fourth-order valence-electron chi connectivity index (χ4n) is 4.46. The summed E-state index contributed by atoms with van der Waals surface area (Å²) in [5.74, 6) is 1.07. The van der Waals surface area contributed by atoms with Crippen molar-refractivity contribution in [2.75, 3.05) is 40.7 Å². The van der Waals surface area contributed by atoms with Crippen LogP contribution in [0.25, 0.3) is 20.7 Å². The van der Waals surface area contributed by atoms with E-state index in [1.165, 1.54) is 38.2 Å². The highest BCUT2D eigenvalue weighted by Crippen LogP contribution is 2.46. The van der Waals surface area contributed by atoms with Gasteiger partial charge in [0, 0.05) is 46.6 Å². The summed E-state index contributed by atoms with van der Waals surface area (Å²) in [5, 5.41) is 2.92. The predicted molar refractivity (Wildman–Crippen MR) is 137 cm³/mol. The number of ketones is 1. The molecule has 0 bridgehead atoms. The fraction of sp³-hybridized carbons (Fsp3) is 0.280. The van der Waals surface area contributed by atoms with Crippen LogP contribution in [0.2, 0.25) is 0 Å². The number of nitrogen functional groups attached to an aromatic ring is 1. The minimum Gasteiger partial charge on any atom is -0.493 e. The van der Waals surface area contributed by atoms with Crippen molar-refractivity contribution in [3.63, 3.8) is 0 Å². The van der Waals surface area contributed by atoms with Gasteiger partial charge >= 0.3 is 0 Å². The largest absolute Gasteiger partial charge is 0.493 e. The van der Waals surface area contributed by atoms with Crippen molar-refractivity contribution >= 4 is 44.4 Å². The van der Waals surface area contributed by atoms with E-state index in [0.29, 0.717) is 33.4 Å². The quantitative estimate of drug-likeness (QED) is 0.383. The molecule has 176 valence electrons. The lowest BCUT2D eigenvalue weighted by atomic mass is 9.95. The number of carbonyl (C=O) groups is 1. The Kier molecular flexibility index (Phi) is 5.93. The molecule has 0 aliphatic carbocycles. The zero-order valence-electron chi connectivity index (χ0n) is 19.4. The Morgan fingerprint density at radius 1 is 1.15 bits per heavy atom. The predicted octanol–water partition coefficient (Wildman–Crippen LogP) is 4.85. The number of nitrogens with two attached hydrogens (primary N) is 1. The first kappa shape index (κ1) is 22.6. The number of nitrogens with zero attached hydrogens (tertiary/aromatic N) is 2. The maximum Gasteiger partial charge on any atom is 0.205 e. The van der Waals surface area contributed by atoms with Gasteiger partial charge in [-0.25, -0.2) is 4.98 Å². The summed E-state index contributed by atoms with van der Waals surface area (Å²) in [6.45, 7) is 1.75. The molecule has 3 aromatic heterocycles. The number of pyridine rings is 1. The first-order chi connectivity index (χ1) is 16.5. The summed E-state index contributed by atoms with van der Waals surface area (Å²) in [4.78, 5) is 23.3. The summed E-state index contributed by atoms with van der Waals surface area (Å²) in [7, 11) is 6.70. The summed E-state index contributed by atoms with van der Waals surface area (Å²) in [6, 6.07) is 7.45. The van der Waals surface area contributed by atoms with E-state index in [9.17, 15) is 4.79 Å². The van der Waals surface area contributed by atoms with Gasteiger partial charge in [0.1, 0.15) is 9.71 Å². The number of thiophene rings is 2. The zero-order chi connectivity index (χ0) is 24.0. The van der Waals surface area contributed by atoms with Gasteiger partial charge in [0.25, 0.3) is 0 Å². The van der Waals surface area contributed by atoms with Gasteiger partial charge in [0.15, 0.2) is 11.5 Å². The Hall–Kier alpha value is -3.14. The molecule has 4 heterocycles. The lowest BCUT2D eigenvalue weighted by Crippen LogP contribution is -2.27. The van der Waals surface area contributed by atoms with E-state index in [1.54, 1.807) is 23.5 Å². The number of rotatable bonds is 6. The number of hydrogen-bond acceptors (Lipinski definition) is 9. The van der Waals surface area contributed by atoms with Crippen molar-refractivity contribution in [2.24, 2.45) is 0 Å². The number of benzene rings is 1. The third kappa shape index (κ3) is 3.60. The first-order valence-electron chi connectivity index (χ1n) is 10.8. The van der Waals surface area contributed by atoms with Crippen molar-refractivity contribution in [2.45, 2.75) is 13.0 Å². The molecule has 0 saturated heterocycles. The van der Waals surface area contributed by atoms with Crippen LogP contribution in [0.3, 0.4) is 0 Å². The molecule has 0 radical (unpaired) electrons. The van der Waals surface area contributed by atoms with Crippen LogP contribution in [-0.4, -0.2) is 50.6 Å². The molecule has 0 saturated carbocycles. The van der Waals surface area contributed by atoms with Gasteiger partial charge in [0.05, 0.1) is 27.0 Å². The molecule has 7 nitrogen and oxygen atoms in total. The van der Waals surface area contributed by atoms with Crippen LogP contribution >= 0.6 is 22.7 Å². The van der Waals surface area contributed by atoms with Gasteiger partial charge in [-0.1, -0.05) is 6.07 Å². The lowest BCUT2D eigenvalue weighted by molar-refractivity contribution is 0.104. The normalized spacial score (nSPS) is 13.6. The molecular weight excluding hydrogens is 470 g/mol. The molecule has 5 rings (SSSR count). The summed E-state index contributed by atoms with van der Waals surface area (Å²) >= 11 is 3.01. The highest BCUT2D eigenvalue weighted by atomic mass is 32.1. The maximum absolute atomic E-state index is 13.7. The molecule has 1 aromatic carbocycles. The van der Waals surface area contributed by atoms with Gasteiger partial charge in [-0.3, -0.25) is 4.79 Å². The van der Waals surface area contributed by atoms with E-state index >= 15 is 0 Å². The van der Waals surface area contributed by atoms with E-state index in [0.717, 1.165) is 45.9 Å². The van der Waals surface area contributed by atoms with Gasteiger partial charge in [-0.05, 0) is 36.2 Å². The molecule has 4 aromatic rings. The smallest absolute Gasteiger partial charge is 0.205 e. The maximum atomic E-state index is 13.7. The van der Waals surface area contributed by atoms with Crippen LogP contribution in [-0.2, 0) is 13.0 Å². The molecule has 0 unspecified atom stereocenters. The van der Waals surface area contributed by atoms with Crippen LogP contribution in [0.5, 0.6) is 17.2 Å². The van der Waals surface area contributed by atoms with Gasteiger partial charge in [-0.15, -0.1) is 22.7 Å². The highest BCUT2D eigenvalue weighted by molar-refractivity contribution is 7.21. The number of aromatic nitrogens is 1. The zero-order valence-corrected chi connectivity index (χ0v) is 21.1. The molecule has 0 fully saturated rings. The molecule has 1 aliphatic heterocycles. The van der Waals surface area contributed by atoms with Crippen LogP contribution in [0.1, 0.15) is 26.5 Å². The fourth-order valence-corrected chi connectivity index (χ4v) is 6.35. The second-order valence-corrected chi connectivity index (χ2v) is 10.1. The highest BCUT2D eigenvalue weighted by Gasteiger charge is 2.28. The lowest BCUT2D eigenvalue weighted by Gasteiger charge is -2.26. The van der Waals surface area contributed by atoms with Crippen LogP contribution in [0.4, 0.5) is 5.69 Å². The number of hydrogen-bond donors (Lipinski definition) is 1. The van der Waals surface area contributed by atoms with E-state index < -0.39 is 0 Å². The van der Waals surface area contributed by atoms with E-state index in [4.69, 9.17) is 24.9 Å². The molecule has 1 aliphatic rings. The Labute approximate surface area is 205 Å². The number of ether oxygens (including phenoxy) is 3. The van der Waals surface area contributed by atoms with Crippen LogP contribution in [0.15, 0.2) is 29.6 Å². The average molecular weight is 496 g/mol. The summed E-state index contributed by atoms with van der Waals surface area (Å²) in [6.07, 6.45) is 0.869. The van der Waals surface area contributed by atoms with Crippen LogP contribution in [0, 0.1) is 0 Å². The van der Waals surface area contributed by atoms with Gasteiger partial charge in [-0.2, -0.15) is 0 Å². The van der Waals surface area contributed by atoms with Crippen molar-refractivity contribution in [1.82, 2.24) is 9.88 Å². The SMILES string of the molecule is COc1cc(C(=O)c2sc3nc4c(c(-c5cccs5)c3c2N)CN(C)CC4)cc(OC)c1OC. The minimum atomic E-state index is -0.202. The van der Waals surface area contributed by atoms with Crippen molar-refractivity contribution in [1.29, 1.82) is 0 Å². The molecule has 34 heavy (non-hydrogen) atoms. The second kappa shape index (κ2) is 8.90. The van der Waals surface area contributed by atoms with Gasteiger partial charge in [0.2, 0.25) is 11.5 Å². The van der Waals surface area contributed by atoms with Crippen molar-refractivity contribution < 1.29 is 19.0 Å². The third-order valence-corrected chi connectivity index (χ3v) is 8.11. The Morgan fingerprint density at radius 2 is 1.88 bits per heavy atom. The summed E-state index contributed by atoms with van der Waals surface area (Å²) < 4.78 is 16.3. The molecule has 2 N–H and O–H groups in total. The number of likely N-dealkylation sites (N-methyl/N-ethyl adjacent to an activating group) is 1. The Bertz CT molecular complexity index is 1370. The average Bonchev–Trinajstić information content (AvgIpc) is 3.49. The minimum absolute atomic E-state index is 0.202. The molecule has 0 amide bonds. The van der Waals surface area contributed by atoms with E-state index in [2.05, 4.69) is 23.4 Å². The monoisotopic (exact) mass is 495 g/mol. The van der Waals surface area contributed by atoms with E-state index in [-0.39, 0.29) is 5.78 Å².